The molecular weight excluding hydrogens is 226 g/mol. The molecule has 0 aromatic heterocycles. The van der Waals surface area contributed by atoms with Crippen LogP contribution in [0.4, 0.5) is 4.79 Å². The van der Waals surface area contributed by atoms with Crippen LogP contribution in [0, 0.1) is 0 Å². The molecule has 0 atom stereocenters. The number of carbonyl (C=O) groups is 1. The molecule has 98 valence electrons. The molecule has 0 radical (unpaired) electrons. The molecule has 0 saturated heterocycles. The zero-order valence-corrected chi connectivity index (χ0v) is 10.6. The van der Waals surface area contributed by atoms with Gasteiger partial charge < -0.3 is 16.0 Å². The van der Waals surface area contributed by atoms with E-state index < -0.39 is 0 Å². The molecule has 0 unspecified atom stereocenters. The first-order valence-electron chi connectivity index (χ1n) is 6.59. The van der Waals surface area contributed by atoms with Crippen molar-refractivity contribution in [3.05, 3.63) is 35.9 Å². The number of carbonyl (C=O) groups excluding carboxylic acids is 1. The van der Waals surface area contributed by atoms with Gasteiger partial charge in [0.05, 0.1) is 0 Å². The average molecular weight is 247 g/mol. The topological polar surface area (TPSA) is 58.4 Å². The summed E-state index contributed by atoms with van der Waals surface area (Å²) in [5, 5.41) is 3.03. The summed E-state index contributed by atoms with van der Waals surface area (Å²) >= 11 is 0. The Labute approximate surface area is 108 Å². The highest BCUT2D eigenvalue weighted by Gasteiger charge is 2.25. The standard InChI is InChI=1S/C14H21N3O/c15-9-4-10-17(14(18)16-13-7-8-13)11-12-5-2-1-3-6-12/h1-3,5-6,13H,4,7-11,15H2,(H,16,18). The summed E-state index contributed by atoms with van der Waals surface area (Å²) in [6.07, 6.45) is 3.06. The fraction of sp³-hybridized carbons (Fsp3) is 0.500. The lowest BCUT2D eigenvalue weighted by atomic mass is 10.2. The number of nitrogens with one attached hydrogen (secondary N) is 1. The molecule has 2 rings (SSSR count). The molecule has 1 saturated carbocycles. The maximum Gasteiger partial charge on any atom is 0.317 e. The Morgan fingerprint density at radius 2 is 2.06 bits per heavy atom. The minimum absolute atomic E-state index is 0.0369. The van der Waals surface area contributed by atoms with E-state index in [1.807, 2.05) is 35.2 Å². The van der Waals surface area contributed by atoms with Crippen molar-refractivity contribution in [3.63, 3.8) is 0 Å². The van der Waals surface area contributed by atoms with Gasteiger partial charge in [-0.2, -0.15) is 0 Å². The van der Waals surface area contributed by atoms with Crippen LogP contribution in [0.1, 0.15) is 24.8 Å². The molecule has 18 heavy (non-hydrogen) atoms. The van der Waals surface area contributed by atoms with Crippen molar-refractivity contribution in [3.8, 4) is 0 Å². The highest BCUT2D eigenvalue weighted by Crippen LogP contribution is 2.19. The van der Waals surface area contributed by atoms with E-state index in [2.05, 4.69) is 5.32 Å². The minimum atomic E-state index is 0.0369. The molecule has 1 aliphatic carbocycles. The number of amides is 2. The highest BCUT2D eigenvalue weighted by atomic mass is 16.2. The summed E-state index contributed by atoms with van der Waals surface area (Å²) in [5.74, 6) is 0. The van der Waals surface area contributed by atoms with Gasteiger partial charge in [0.1, 0.15) is 0 Å². The van der Waals surface area contributed by atoms with E-state index in [-0.39, 0.29) is 6.03 Å². The van der Waals surface area contributed by atoms with Gasteiger partial charge in [0.25, 0.3) is 0 Å². The first kappa shape index (κ1) is 12.9. The van der Waals surface area contributed by atoms with Crippen LogP contribution in [0.3, 0.4) is 0 Å². The minimum Gasteiger partial charge on any atom is -0.335 e. The van der Waals surface area contributed by atoms with Crippen molar-refractivity contribution < 1.29 is 4.79 Å². The van der Waals surface area contributed by atoms with Crippen LogP contribution in [-0.2, 0) is 6.54 Å². The van der Waals surface area contributed by atoms with E-state index in [0.717, 1.165) is 24.8 Å². The molecule has 4 heteroatoms. The van der Waals surface area contributed by atoms with Crippen LogP contribution in [0.15, 0.2) is 30.3 Å². The number of nitrogens with zero attached hydrogens (tertiary/aromatic N) is 1. The fourth-order valence-corrected chi connectivity index (χ4v) is 1.83. The van der Waals surface area contributed by atoms with Crippen molar-refractivity contribution in [2.75, 3.05) is 13.1 Å². The molecule has 0 aliphatic heterocycles. The quantitative estimate of drug-likeness (QED) is 0.804. The Morgan fingerprint density at radius 1 is 1.33 bits per heavy atom. The molecule has 3 N–H and O–H groups in total. The van der Waals surface area contributed by atoms with Crippen molar-refractivity contribution in [1.82, 2.24) is 10.2 Å². The highest BCUT2D eigenvalue weighted by molar-refractivity contribution is 5.74. The van der Waals surface area contributed by atoms with E-state index >= 15 is 0 Å². The van der Waals surface area contributed by atoms with Crippen LogP contribution in [0.2, 0.25) is 0 Å². The second-order valence-corrected chi connectivity index (χ2v) is 4.77. The Kier molecular flexibility index (Phi) is 4.59. The third-order valence-electron chi connectivity index (χ3n) is 3.04. The van der Waals surface area contributed by atoms with Gasteiger partial charge >= 0.3 is 6.03 Å². The Balaban J connectivity index is 1.92. The number of urea groups is 1. The number of nitrogens with two attached hydrogens (primary N) is 1. The number of hydrogen-bond donors (Lipinski definition) is 2. The smallest absolute Gasteiger partial charge is 0.317 e. The monoisotopic (exact) mass is 247 g/mol. The molecule has 1 aromatic carbocycles. The van der Waals surface area contributed by atoms with Crippen LogP contribution in [0.25, 0.3) is 0 Å². The van der Waals surface area contributed by atoms with Gasteiger partial charge in [-0.05, 0) is 31.4 Å². The second-order valence-electron chi connectivity index (χ2n) is 4.77. The summed E-state index contributed by atoms with van der Waals surface area (Å²) < 4.78 is 0. The van der Waals surface area contributed by atoms with Crippen LogP contribution < -0.4 is 11.1 Å². The van der Waals surface area contributed by atoms with E-state index in [0.29, 0.717) is 25.7 Å². The normalized spacial score (nSPS) is 14.3. The third kappa shape index (κ3) is 4.04. The van der Waals surface area contributed by atoms with Crippen LogP contribution in [-0.4, -0.2) is 30.1 Å². The number of hydrogen-bond acceptors (Lipinski definition) is 2. The fourth-order valence-electron chi connectivity index (χ4n) is 1.83. The van der Waals surface area contributed by atoms with Crippen LogP contribution in [0.5, 0.6) is 0 Å². The summed E-state index contributed by atoms with van der Waals surface area (Å²) in [5.41, 5.74) is 6.68. The zero-order chi connectivity index (χ0) is 12.8. The Bertz CT molecular complexity index is 376. The van der Waals surface area contributed by atoms with E-state index in [9.17, 15) is 4.79 Å². The third-order valence-corrected chi connectivity index (χ3v) is 3.04. The molecule has 1 fully saturated rings. The van der Waals surface area contributed by atoms with E-state index in [1.165, 1.54) is 0 Å². The maximum absolute atomic E-state index is 12.1. The van der Waals surface area contributed by atoms with E-state index in [1.54, 1.807) is 0 Å². The molecule has 1 aliphatic rings. The SMILES string of the molecule is NCCCN(Cc1ccccc1)C(=O)NC1CC1. The molecule has 4 nitrogen and oxygen atoms in total. The lowest BCUT2D eigenvalue weighted by Gasteiger charge is -2.23. The first-order valence-corrected chi connectivity index (χ1v) is 6.59. The van der Waals surface area contributed by atoms with Gasteiger partial charge in [0.15, 0.2) is 0 Å². The molecule has 1 aromatic rings. The summed E-state index contributed by atoms with van der Waals surface area (Å²) in [4.78, 5) is 13.9. The summed E-state index contributed by atoms with van der Waals surface area (Å²) in [7, 11) is 0. The van der Waals surface area contributed by atoms with Crippen molar-refractivity contribution in [2.45, 2.75) is 31.8 Å². The van der Waals surface area contributed by atoms with Gasteiger partial charge in [-0.1, -0.05) is 30.3 Å². The summed E-state index contributed by atoms with van der Waals surface area (Å²) in [6.45, 7) is 1.98. The largest absolute Gasteiger partial charge is 0.335 e. The molecule has 0 bridgehead atoms. The maximum atomic E-state index is 12.1. The predicted molar refractivity (Wildman–Crippen MR) is 72.1 cm³/mol. The average Bonchev–Trinajstić information content (AvgIpc) is 3.19. The first-order chi connectivity index (χ1) is 8.79. The van der Waals surface area contributed by atoms with Gasteiger partial charge in [-0.25, -0.2) is 4.79 Å². The second kappa shape index (κ2) is 6.40. The van der Waals surface area contributed by atoms with Gasteiger partial charge in [-0.3, -0.25) is 0 Å². The van der Waals surface area contributed by atoms with Gasteiger partial charge in [-0.15, -0.1) is 0 Å². The molecule has 0 heterocycles. The van der Waals surface area contributed by atoms with Gasteiger partial charge in [0.2, 0.25) is 0 Å². The Hall–Kier alpha value is -1.55. The van der Waals surface area contributed by atoms with Gasteiger partial charge in [0, 0.05) is 19.1 Å². The van der Waals surface area contributed by atoms with Crippen LogP contribution >= 0.6 is 0 Å². The zero-order valence-electron chi connectivity index (χ0n) is 10.6. The number of rotatable bonds is 6. The Morgan fingerprint density at radius 3 is 2.67 bits per heavy atom. The molecule has 2 amide bonds. The van der Waals surface area contributed by atoms with Crippen molar-refractivity contribution in [1.29, 1.82) is 0 Å². The lowest BCUT2D eigenvalue weighted by molar-refractivity contribution is 0.194. The molecule has 0 spiro atoms. The summed E-state index contributed by atoms with van der Waals surface area (Å²) in [6, 6.07) is 10.5. The molecular formula is C14H21N3O. The predicted octanol–water partition coefficient (Wildman–Crippen LogP) is 1.71. The van der Waals surface area contributed by atoms with Crippen molar-refractivity contribution >= 4 is 6.03 Å². The lowest BCUT2D eigenvalue weighted by Crippen LogP contribution is -2.41. The number of benzene rings is 1. The van der Waals surface area contributed by atoms with E-state index in [4.69, 9.17) is 5.73 Å². The van der Waals surface area contributed by atoms with Crippen molar-refractivity contribution in [2.24, 2.45) is 5.73 Å².